The molecule has 0 saturated carbocycles. The van der Waals surface area contributed by atoms with Gasteiger partial charge in [-0.15, -0.1) is 11.3 Å². The zero-order valence-corrected chi connectivity index (χ0v) is 13.0. The molecule has 0 radical (unpaired) electrons. The Bertz CT molecular complexity index is 459. The topological polar surface area (TPSA) is 54.0 Å². The standard InChI is InChI=1S/C15H23N3OS/c1-3-12-14(20-10-17-12)13(16-2)15(19)18-11-8-6-4-5-7-9-11/h4-5,10-11,13,16H,3,6-9H2,1-2H3,(H,18,19). The number of rotatable bonds is 5. The second-order valence-electron chi connectivity index (χ2n) is 5.07. The molecule has 1 aliphatic carbocycles. The Balaban J connectivity index is 2.02. The van der Waals surface area contributed by atoms with Gasteiger partial charge in [0.25, 0.3) is 0 Å². The number of aryl methyl sites for hydroxylation is 1. The van der Waals surface area contributed by atoms with Crippen molar-refractivity contribution in [3.05, 3.63) is 28.2 Å². The Labute approximate surface area is 124 Å². The van der Waals surface area contributed by atoms with Crippen LogP contribution in [0.2, 0.25) is 0 Å². The van der Waals surface area contributed by atoms with Crippen LogP contribution in [-0.4, -0.2) is 24.0 Å². The van der Waals surface area contributed by atoms with Gasteiger partial charge in [-0.3, -0.25) is 4.79 Å². The van der Waals surface area contributed by atoms with E-state index in [0.29, 0.717) is 0 Å². The maximum Gasteiger partial charge on any atom is 0.242 e. The largest absolute Gasteiger partial charge is 0.352 e. The normalized spacial score (nSPS) is 17.7. The number of carbonyl (C=O) groups is 1. The number of nitrogens with one attached hydrogen (secondary N) is 2. The summed E-state index contributed by atoms with van der Waals surface area (Å²) < 4.78 is 0. The third-order valence-electron chi connectivity index (χ3n) is 3.70. The van der Waals surface area contributed by atoms with Crippen LogP contribution in [0.15, 0.2) is 17.7 Å². The average molecular weight is 293 g/mol. The fraction of sp³-hybridized carbons (Fsp3) is 0.600. The summed E-state index contributed by atoms with van der Waals surface area (Å²) >= 11 is 1.55. The van der Waals surface area contributed by atoms with Crippen LogP contribution in [-0.2, 0) is 11.2 Å². The van der Waals surface area contributed by atoms with Crippen molar-refractivity contribution in [1.29, 1.82) is 0 Å². The molecule has 2 rings (SSSR count). The Morgan fingerprint density at radius 3 is 2.75 bits per heavy atom. The molecule has 1 unspecified atom stereocenters. The van der Waals surface area contributed by atoms with Crippen LogP contribution in [0.5, 0.6) is 0 Å². The van der Waals surface area contributed by atoms with Crippen molar-refractivity contribution in [3.63, 3.8) is 0 Å². The molecule has 1 aliphatic rings. The summed E-state index contributed by atoms with van der Waals surface area (Å²) in [7, 11) is 1.83. The molecule has 0 bridgehead atoms. The van der Waals surface area contributed by atoms with E-state index in [0.717, 1.165) is 42.7 Å². The summed E-state index contributed by atoms with van der Waals surface area (Å²) in [4.78, 5) is 17.9. The van der Waals surface area contributed by atoms with E-state index >= 15 is 0 Å². The number of nitrogens with zero attached hydrogens (tertiary/aromatic N) is 1. The van der Waals surface area contributed by atoms with Crippen LogP contribution in [0.1, 0.15) is 49.2 Å². The Hall–Kier alpha value is -1.20. The predicted molar refractivity (Wildman–Crippen MR) is 82.8 cm³/mol. The summed E-state index contributed by atoms with van der Waals surface area (Å²) in [6.07, 6.45) is 9.44. The van der Waals surface area contributed by atoms with E-state index < -0.39 is 0 Å². The van der Waals surface area contributed by atoms with Gasteiger partial charge in [-0.1, -0.05) is 19.1 Å². The van der Waals surface area contributed by atoms with Crippen LogP contribution in [0, 0.1) is 0 Å². The Kier molecular flexibility index (Phi) is 5.73. The number of carbonyl (C=O) groups excluding carboxylic acids is 1. The molecule has 1 aromatic heterocycles. The molecule has 0 fully saturated rings. The second-order valence-corrected chi connectivity index (χ2v) is 5.96. The van der Waals surface area contributed by atoms with Gasteiger partial charge in [-0.25, -0.2) is 4.98 Å². The van der Waals surface area contributed by atoms with Gasteiger partial charge in [-0.2, -0.15) is 0 Å². The quantitative estimate of drug-likeness (QED) is 0.820. The molecule has 1 aromatic rings. The number of hydrogen-bond acceptors (Lipinski definition) is 4. The molecular formula is C15H23N3OS. The molecular weight excluding hydrogens is 270 g/mol. The van der Waals surface area contributed by atoms with Crippen molar-refractivity contribution in [2.75, 3.05) is 7.05 Å². The maximum absolute atomic E-state index is 12.5. The van der Waals surface area contributed by atoms with Crippen LogP contribution in [0.4, 0.5) is 0 Å². The highest BCUT2D eigenvalue weighted by molar-refractivity contribution is 7.10. The maximum atomic E-state index is 12.5. The molecule has 110 valence electrons. The third kappa shape index (κ3) is 3.67. The van der Waals surface area contributed by atoms with Gasteiger partial charge in [0.15, 0.2) is 0 Å². The molecule has 2 N–H and O–H groups in total. The minimum Gasteiger partial charge on any atom is -0.352 e. The van der Waals surface area contributed by atoms with Crippen LogP contribution < -0.4 is 10.6 Å². The van der Waals surface area contributed by atoms with Crippen LogP contribution in [0.25, 0.3) is 0 Å². The molecule has 4 nitrogen and oxygen atoms in total. The number of hydrogen-bond donors (Lipinski definition) is 2. The minimum atomic E-state index is -0.284. The monoisotopic (exact) mass is 293 g/mol. The van der Waals surface area contributed by atoms with E-state index in [4.69, 9.17) is 0 Å². The van der Waals surface area contributed by atoms with E-state index in [9.17, 15) is 4.79 Å². The van der Waals surface area contributed by atoms with Gasteiger partial charge in [0.05, 0.1) is 16.1 Å². The molecule has 0 aromatic carbocycles. The molecule has 0 aliphatic heterocycles. The smallest absolute Gasteiger partial charge is 0.242 e. The second kappa shape index (κ2) is 7.55. The van der Waals surface area contributed by atoms with E-state index in [2.05, 4.69) is 34.7 Å². The first-order valence-electron chi connectivity index (χ1n) is 7.31. The number of amides is 1. The van der Waals surface area contributed by atoms with Gasteiger partial charge in [0.1, 0.15) is 6.04 Å². The minimum absolute atomic E-state index is 0.0679. The van der Waals surface area contributed by atoms with Crippen LogP contribution in [0.3, 0.4) is 0 Å². The van der Waals surface area contributed by atoms with Crippen molar-refractivity contribution in [2.24, 2.45) is 0 Å². The lowest BCUT2D eigenvalue weighted by molar-refractivity contribution is -0.123. The van der Waals surface area contributed by atoms with E-state index in [1.54, 1.807) is 11.3 Å². The van der Waals surface area contributed by atoms with Crippen molar-refractivity contribution in [3.8, 4) is 0 Å². The summed E-state index contributed by atoms with van der Waals surface area (Å²) in [5, 5.41) is 6.31. The summed E-state index contributed by atoms with van der Waals surface area (Å²) in [5.74, 6) is 0.0679. The molecule has 1 atom stereocenters. The predicted octanol–water partition coefficient (Wildman–Crippen LogP) is 2.58. The van der Waals surface area contributed by atoms with Crippen molar-refractivity contribution >= 4 is 17.2 Å². The van der Waals surface area contributed by atoms with E-state index in [1.807, 2.05) is 12.6 Å². The molecule has 0 saturated heterocycles. The first-order valence-corrected chi connectivity index (χ1v) is 8.19. The molecule has 1 amide bonds. The van der Waals surface area contributed by atoms with Crippen molar-refractivity contribution in [1.82, 2.24) is 15.6 Å². The fourth-order valence-electron chi connectivity index (χ4n) is 2.56. The summed E-state index contributed by atoms with van der Waals surface area (Å²) in [5.41, 5.74) is 2.84. The first kappa shape index (κ1) is 15.2. The fourth-order valence-corrected chi connectivity index (χ4v) is 3.55. The van der Waals surface area contributed by atoms with Gasteiger partial charge in [0, 0.05) is 6.04 Å². The number of thiazole rings is 1. The average Bonchev–Trinajstić information content (AvgIpc) is 2.76. The van der Waals surface area contributed by atoms with Gasteiger partial charge in [0.2, 0.25) is 5.91 Å². The highest BCUT2D eigenvalue weighted by Crippen LogP contribution is 2.23. The lowest BCUT2D eigenvalue weighted by Gasteiger charge is -2.21. The van der Waals surface area contributed by atoms with Crippen LogP contribution >= 0.6 is 11.3 Å². The molecule has 1 heterocycles. The number of likely N-dealkylation sites (N-methyl/N-ethyl adjacent to an activating group) is 1. The molecule has 5 heteroatoms. The lowest BCUT2D eigenvalue weighted by Crippen LogP contribution is -2.41. The first-order chi connectivity index (χ1) is 9.76. The Morgan fingerprint density at radius 2 is 2.15 bits per heavy atom. The summed E-state index contributed by atoms with van der Waals surface area (Å²) in [6.45, 7) is 2.07. The third-order valence-corrected chi connectivity index (χ3v) is 4.63. The molecule has 0 spiro atoms. The van der Waals surface area contributed by atoms with Crippen molar-refractivity contribution < 1.29 is 4.79 Å². The SMILES string of the molecule is CCc1ncsc1C(NC)C(=O)NC1CCC=CCC1. The molecule has 20 heavy (non-hydrogen) atoms. The number of allylic oxidation sites excluding steroid dienone is 2. The highest BCUT2D eigenvalue weighted by Gasteiger charge is 2.25. The lowest BCUT2D eigenvalue weighted by atomic mass is 10.1. The zero-order chi connectivity index (χ0) is 14.4. The van der Waals surface area contributed by atoms with Gasteiger partial charge in [-0.05, 0) is 39.2 Å². The number of aromatic nitrogens is 1. The van der Waals surface area contributed by atoms with E-state index in [-0.39, 0.29) is 18.0 Å². The highest BCUT2D eigenvalue weighted by atomic mass is 32.1. The van der Waals surface area contributed by atoms with E-state index in [1.165, 1.54) is 0 Å². The summed E-state index contributed by atoms with van der Waals surface area (Å²) in [6, 6.07) is 0.00000945. The van der Waals surface area contributed by atoms with Crippen molar-refractivity contribution in [2.45, 2.75) is 51.1 Å². The Morgan fingerprint density at radius 1 is 1.45 bits per heavy atom. The van der Waals surface area contributed by atoms with Gasteiger partial charge < -0.3 is 10.6 Å². The zero-order valence-electron chi connectivity index (χ0n) is 12.2. The van der Waals surface area contributed by atoms with Gasteiger partial charge >= 0.3 is 0 Å².